The third-order valence-electron chi connectivity index (χ3n) is 3.72. The Morgan fingerprint density at radius 3 is 2.50 bits per heavy atom. The molecule has 3 rings (SSSR count). The highest BCUT2D eigenvalue weighted by molar-refractivity contribution is 6.34. The Balaban J connectivity index is 1.66. The van der Waals surface area contributed by atoms with Crippen molar-refractivity contribution in [2.75, 3.05) is 10.7 Å². The number of benzene rings is 3. The van der Waals surface area contributed by atoms with Crippen LogP contribution in [-0.4, -0.2) is 12.1 Å². The third kappa shape index (κ3) is 4.71. The topological polar surface area (TPSA) is 53.5 Å². The van der Waals surface area contributed by atoms with E-state index in [-0.39, 0.29) is 5.91 Å². The molecule has 0 fully saturated rings. The minimum absolute atomic E-state index is 0.248. The number of anilines is 2. The number of hydrogen-bond donors (Lipinski definition) is 2. The van der Waals surface area contributed by atoms with Crippen LogP contribution in [0.15, 0.2) is 77.9 Å². The maximum atomic E-state index is 12.3. The molecule has 26 heavy (non-hydrogen) atoms. The number of hydrazone groups is 1. The van der Waals surface area contributed by atoms with E-state index in [2.05, 4.69) is 15.8 Å². The van der Waals surface area contributed by atoms with Crippen LogP contribution in [0.4, 0.5) is 11.4 Å². The van der Waals surface area contributed by atoms with E-state index >= 15 is 0 Å². The van der Waals surface area contributed by atoms with Gasteiger partial charge in [-0.3, -0.25) is 10.2 Å². The lowest BCUT2D eigenvalue weighted by atomic mass is 10.2. The van der Waals surface area contributed by atoms with Crippen LogP contribution >= 0.6 is 11.6 Å². The molecule has 0 spiro atoms. The van der Waals surface area contributed by atoms with Crippen molar-refractivity contribution in [3.05, 3.63) is 94.5 Å². The molecule has 5 heteroatoms. The van der Waals surface area contributed by atoms with Crippen molar-refractivity contribution >= 4 is 35.1 Å². The lowest BCUT2D eigenvalue weighted by Crippen LogP contribution is -2.12. The maximum Gasteiger partial charge on any atom is 0.257 e. The lowest BCUT2D eigenvalue weighted by molar-refractivity contribution is 0.102. The van der Waals surface area contributed by atoms with Gasteiger partial charge in [-0.05, 0) is 48.9 Å². The molecule has 3 aromatic carbocycles. The first-order valence-electron chi connectivity index (χ1n) is 8.13. The van der Waals surface area contributed by atoms with Gasteiger partial charge >= 0.3 is 0 Å². The van der Waals surface area contributed by atoms with E-state index in [0.717, 1.165) is 11.3 Å². The number of aryl methyl sites for hydroxylation is 1. The highest BCUT2D eigenvalue weighted by Gasteiger charge is 2.09. The Morgan fingerprint density at radius 2 is 1.73 bits per heavy atom. The Hall–Kier alpha value is -3.11. The minimum Gasteiger partial charge on any atom is -0.322 e. The van der Waals surface area contributed by atoms with E-state index in [1.807, 2.05) is 55.5 Å². The molecular weight excluding hydrogens is 346 g/mol. The Bertz CT molecular complexity index is 936. The molecule has 4 nitrogen and oxygen atoms in total. The Kier molecular flexibility index (Phi) is 5.66. The number of nitrogens with one attached hydrogen (secondary N) is 2. The van der Waals surface area contributed by atoms with Crippen molar-refractivity contribution in [2.45, 2.75) is 6.92 Å². The standard InChI is InChI=1S/C21H18ClN3O/c1-15-9-11-17(12-10-15)25-23-14-16-5-4-6-18(13-16)24-21(26)19-7-2-3-8-20(19)22/h2-14,25H,1H3,(H,24,26)/b23-14-. The summed E-state index contributed by atoms with van der Waals surface area (Å²) in [5.74, 6) is -0.248. The van der Waals surface area contributed by atoms with Crippen LogP contribution in [0.5, 0.6) is 0 Å². The first kappa shape index (κ1) is 17.7. The quantitative estimate of drug-likeness (QED) is 0.474. The first-order chi connectivity index (χ1) is 12.6. The normalized spacial score (nSPS) is 10.7. The number of carbonyl (C=O) groups is 1. The molecule has 0 saturated carbocycles. The fourth-order valence-corrected chi connectivity index (χ4v) is 2.57. The number of hydrogen-bond acceptors (Lipinski definition) is 3. The SMILES string of the molecule is Cc1ccc(N/N=C\c2cccc(NC(=O)c3ccccc3Cl)c2)cc1. The minimum atomic E-state index is -0.248. The largest absolute Gasteiger partial charge is 0.322 e. The zero-order valence-electron chi connectivity index (χ0n) is 14.2. The monoisotopic (exact) mass is 363 g/mol. The molecule has 0 unspecified atom stereocenters. The second kappa shape index (κ2) is 8.32. The second-order valence-electron chi connectivity index (χ2n) is 5.80. The van der Waals surface area contributed by atoms with E-state index in [9.17, 15) is 4.79 Å². The highest BCUT2D eigenvalue weighted by atomic mass is 35.5. The molecule has 1 amide bonds. The van der Waals surface area contributed by atoms with Gasteiger partial charge in [-0.2, -0.15) is 5.10 Å². The van der Waals surface area contributed by atoms with Crippen LogP contribution in [0.1, 0.15) is 21.5 Å². The van der Waals surface area contributed by atoms with E-state index in [4.69, 9.17) is 11.6 Å². The highest BCUT2D eigenvalue weighted by Crippen LogP contribution is 2.17. The molecule has 2 N–H and O–H groups in total. The number of nitrogens with zero attached hydrogens (tertiary/aromatic N) is 1. The van der Waals surface area contributed by atoms with Gasteiger partial charge in [-0.25, -0.2) is 0 Å². The molecule has 0 aromatic heterocycles. The summed E-state index contributed by atoms with van der Waals surface area (Å²) < 4.78 is 0. The van der Waals surface area contributed by atoms with Crippen LogP contribution in [0, 0.1) is 6.92 Å². The van der Waals surface area contributed by atoms with Gasteiger partial charge < -0.3 is 5.32 Å². The zero-order valence-corrected chi connectivity index (χ0v) is 15.0. The van der Waals surface area contributed by atoms with Gasteiger partial charge in [0, 0.05) is 5.69 Å². The first-order valence-corrected chi connectivity index (χ1v) is 8.51. The van der Waals surface area contributed by atoms with Gasteiger partial charge in [-0.1, -0.05) is 53.6 Å². The van der Waals surface area contributed by atoms with Crippen molar-refractivity contribution in [3.8, 4) is 0 Å². The maximum absolute atomic E-state index is 12.3. The average molecular weight is 364 g/mol. The fraction of sp³-hybridized carbons (Fsp3) is 0.0476. The summed E-state index contributed by atoms with van der Waals surface area (Å²) in [4.78, 5) is 12.3. The molecule has 0 atom stereocenters. The molecule has 130 valence electrons. The second-order valence-corrected chi connectivity index (χ2v) is 6.20. The van der Waals surface area contributed by atoms with Crippen molar-refractivity contribution < 1.29 is 4.79 Å². The molecular formula is C21H18ClN3O. The van der Waals surface area contributed by atoms with Gasteiger partial charge in [0.25, 0.3) is 5.91 Å². The predicted molar refractivity (Wildman–Crippen MR) is 108 cm³/mol. The zero-order chi connectivity index (χ0) is 18.4. The lowest BCUT2D eigenvalue weighted by Gasteiger charge is -2.07. The predicted octanol–water partition coefficient (Wildman–Crippen LogP) is 5.35. The van der Waals surface area contributed by atoms with Crippen molar-refractivity contribution in [1.29, 1.82) is 0 Å². The van der Waals surface area contributed by atoms with Gasteiger partial charge in [0.1, 0.15) is 0 Å². The summed E-state index contributed by atoms with van der Waals surface area (Å²) >= 11 is 6.06. The van der Waals surface area contributed by atoms with Gasteiger partial charge in [0.15, 0.2) is 0 Å². The van der Waals surface area contributed by atoms with Crippen LogP contribution in [0.2, 0.25) is 5.02 Å². The number of amides is 1. The van der Waals surface area contributed by atoms with Crippen molar-refractivity contribution in [2.24, 2.45) is 5.10 Å². The van der Waals surface area contributed by atoms with E-state index in [0.29, 0.717) is 16.3 Å². The number of rotatable bonds is 5. The number of halogens is 1. The van der Waals surface area contributed by atoms with Crippen LogP contribution < -0.4 is 10.7 Å². The van der Waals surface area contributed by atoms with Crippen LogP contribution in [0.3, 0.4) is 0 Å². The van der Waals surface area contributed by atoms with Crippen LogP contribution in [0.25, 0.3) is 0 Å². The molecule has 0 saturated heterocycles. The van der Waals surface area contributed by atoms with E-state index < -0.39 is 0 Å². The summed E-state index contributed by atoms with van der Waals surface area (Å²) in [7, 11) is 0. The summed E-state index contributed by atoms with van der Waals surface area (Å²) in [6.45, 7) is 2.04. The Morgan fingerprint density at radius 1 is 0.962 bits per heavy atom. The summed E-state index contributed by atoms with van der Waals surface area (Å²) in [6.07, 6.45) is 1.70. The van der Waals surface area contributed by atoms with Crippen LogP contribution in [-0.2, 0) is 0 Å². The van der Waals surface area contributed by atoms with Gasteiger partial charge in [0.2, 0.25) is 0 Å². The molecule has 3 aromatic rings. The molecule has 0 aliphatic heterocycles. The molecule has 0 aliphatic rings. The third-order valence-corrected chi connectivity index (χ3v) is 4.05. The number of carbonyl (C=O) groups excluding carboxylic acids is 1. The van der Waals surface area contributed by atoms with E-state index in [1.165, 1.54) is 5.56 Å². The molecule has 0 aliphatic carbocycles. The van der Waals surface area contributed by atoms with E-state index in [1.54, 1.807) is 30.5 Å². The average Bonchev–Trinajstić information content (AvgIpc) is 2.64. The molecule has 0 radical (unpaired) electrons. The molecule has 0 heterocycles. The summed E-state index contributed by atoms with van der Waals surface area (Å²) in [5, 5.41) is 7.49. The Labute approximate surface area is 157 Å². The molecule has 0 bridgehead atoms. The van der Waals surface area contributed by atoms with Crippen molar-refractivity contribution in [3.63, 3.8) is 0 Å². The summed E-state index contributed by atoms with van der Waals surface area (Å²) in [6, 6.07) is 22.3. The van der Waals surface area contributed by atoms with Crippen molar-refractivity contribution in [1.82, 2.24) is 0 Å². The van der Waals surface area contributed by atoms with Gasteiger partial charge in [-0.15, -0.1) is 0 Å². The fourth-order valence-electron chi connectivity index (χ4n) is 2.35. The summed E-state index contributed by atoms with van der Waals surface area (Å²) in [5.41, 5.74) is 7.06. The van der Waals surface area contributed by atoms with Gasteiger partial charge in [0.05, 0.1) is 22.5 Å². The smallest absolute Gasteiger partial charge is 0.257 e.